The van der Waals surface area contributed by atoms with Gasteiger partial charge in [-0.15, -0.1) is 0 Å². The number of benzene rings is 1. The van der Waals surface area contributed by atoms with Crippen LogP contribution in [0.15, 0.2) is 77.7 Å². The number of hydrogen-bond acceptors (Lipinski definition) is 3. The van der Waals surface area contributed by atoms with Gasteiger partial charge in [-0.1, -0.05) is 30.3 Å². The van der Waals surface area contributed by atoms with Crippen LogP contribution < -0.4 is 5.32 Å². The van der Waals surface area contributed by atoms with E-state index >= 15 is 0 Å². The molecule has 0 aliphatic carbocycles. The van der Waals surface area contributed by atoms with Crippen LogP contribution in [0.5, 0.6) is 0 Å². The quantitative estimate of drug-likeness (QED) is 0.564. The number of pyridine rings is 1. The van der Waals surface area contributed by atoms with E-state index in [1.165, 1.54) is 0 Å². The molecule has 1 aromatic carbocycles. The predicted octanol–water partition coefficient (Wildman–Crippen LogP) is 4.07. The molecule has 3 aromatic heterocycles. The average molecular weight is 359 g/mol. The second-order valence-corrected chi connectivity index (χ2v) is 6.58. The molecule has 1 unspecified atom stereocenters. The van der Waals surface area contributed by atoms with Gasteiger partial charge in [0.05, 0.1) is 18.5 Å². The number of rotatable bonds is 6. The Balaban J connectivity index is 1.64. The number of nitrogens with zero attached hydrogens (tertiary/aromatic N) is 2. The van der Waals surface area contributed by atoms with Crippen LogP contribution in [-0.4, -0.2) is 15.3 Å². The van der Waals surface area contributed by atoms with E-state index in [9.17, 15) is 4.79 Å². The summed E-state index contributed by atoms with van der Waals surface area (Å²) in [6.07, 6.45) is 5.81. The molecule has 1 N–H and O–H groups in total. The normalized spacial score (nSPS) is 12.2. The second kappa shape index (κ2) is 7.50. The van der Waals surface area contributed by atoms with Crippen molar-refractivity contribution >= 4 is 11.6 Å². The van der Waals surface area contributed by atoms with E-state index in [1.807, 2.05) is 54.9 Å². The zero-order chi connectivity index (χ0) is 18.6. The van der Waals surface area contributed by atoms with Gasteiger partial charge in [0.15, 0.2) is 0 Å². The van der Waals surface area contributed by atoms with Crippen molar-refractivity contribution in [3.05, 3.63) is 95.8 Å². The summed E-state index contributed by atoms with van der Waals surface area (Å²) in [5, 5.41) is 2.95. The van der Waals surface area contributed by atoms with Gasteiger partial charge in [0.25, 0.3) is 0 Å². The minimum atomic E-state index is -0.0831. The molecular weight excluding hydrogens is 338 g/mol. The molecule has 1 amide bonds. The molecule has 5 nitrogen and oxygen atoms in total. The van der Waals surface area contributed by atoms with E-state index in [0.29, 0.717) is 13.0 Å². The predicted molar refractivity (Wildman–Crippen MR) is 103 cm³/mol. The summed E-state index contributed by atoms with van der Waals surface area (Å²) in [6, 6.07) is 17.8. The highest BCUT2D eigenvalue weighted by molar-refractivity contribution is 5.77. The van der Waals surface area contributed by atoms with Crippen molar-refractivity contribution in [2.45, 2.75) is 25.8 Å². The van der Waals surface area contributed by atoms with Crippen LogP contribution in [0.1, 0.15) is 34.9 Å². The third-order valence-corrected chi connectivity index (χ3v) is 4.80. The number of aromatic nitrogens is 2. The van der Waals surface area contributed by atoms with Gasteiger partial charge in [-0.25, -0.2) is 4.98 Å². The van der Waals surface area contributed by atoms with Crippen molar-refractivity contribution in [2.24, 2.45) is 0 Å². The van der Waals surface area contributed by atoms with E-state index in [0.717, 1.165) is 28.2 Å². The van der Waals surface area contributed by atoms with Gasteiger partial charge in [-0.2, -0.15) is 0 Å². The van der Waals surface area contributed by atoms with E-state index in [4.69, 9.17) is 4.42 Å². The highest BCUT2D eigenvalue weighted by Crippen LogP contribution is 2.30. The summed E-state index contributed by atoms with van der Waals surface area (Å²) in [5.41, 5.74) is 4.18. The summed E-state index contributed by atoms with van der Waals surface area (Å²) in [6.45, 7) is 2.46. The monoisotopic (exact) mass is 359 g/mol. The molecule has 0 saturated carbocycles. The first-order valence-corrected chi connectivity index (χ1v) is 8.99. The first-order valence-electron chi connectivity index (χ1n) is 8.99. The van der Waals surface area contributed by atoms with Crippen molar-refractivity contribution in [3.8, 4) is 0 Å². The number of carbonyl (C=O) groups is 1. The summed E-state index contributed by atoms with van der Waals surface area (Å²) in [4.78, 5) is 17.2. The summed E-state index contributed by atoms with van der Waals surface area (Å²) in [5.74, 6) is 0.635. The lowest BCUT2D eigenvalue weighted by Gasteiger charge is -2.19. The number of nitrogens with one attached hydrogen (secondary N) is 1. The van der Waals surface area contributed by atoms with Crippen LogP contribution in [0, 0.1) is 6.92 Å². The first-order chi connectivity index (χ1) is 13.2. The van der Waals surface area contributed by atoms with Gasteiger partial charge in [0.1, 0.15) is 11.4 Å². The minimum absolute atomic E-state index is 0.0227. The molecule has 0 radical (unpaired) electrons. The molecule has 0 bridgehead atoms. The maximum absolute atomic E-state index is 12.7. The maximum Gasteiger partial charge on any atom is 0.221 e. The molecule has 0 aliphatic heterocycles. The summed E-state index contributed by atoms with van der Waals surface area (Å²) < 4.78 is 7.35. The smallest absolute Gasteiger partial charge is 0.221 e. The van der Waals surface area contributed by atoms with Gasteiger partial charge in [-0.3, -0.25) is 4.79 Å². The van der Waals surface area contributed by atoms with E-state index in [-0.39, 0.29) is 11.8 Å². The number of carbonyl (C=O) groups excluding carboxylic acids is 1. The van der Waals surface area contributed by atoms with Gasteiger partial charge < -0.3 is 14.1 Å². The van der Waals surface area contributed by atoms with Crippen molar-refractivity contribution < 1.29 is 9.21 Å². The van der Waals surface area contributed by atoms with Crippen LogP contribution in [0.4, 0.5) is 0 Å². The molecule has 0 spiro atoms. The Hall–Kier alpha value is -3.34. The highest BCUT2D eigenvalue weighted by Gasteiger charge is 2.23. The maximum atomic E-state index is 12.7. The lowest BCUT2D eigenvalue weighted by molar-refractivity contribution is -0.121. The van der Waals surface area contributed by atoms with Crippen LogP contribution in [0.2, 0.25) is 0 Å². The fourth-order valence-corrected chi connectivity index (χ4v) is 3.42. The lowest BCUT2D eigenvalue weighted by atomic mass is 9.89. The molecule has 1 atom stereocenters. The number of aryl methyl sites for hydroxylation is 1. The Morgan fingerprint density at radius 3 is 2.81 bits per heavy atom. The van der Waals surface area contributed by atoms with Crippen LogP contribution in [0.25, 0.3) is 5.65 Å². The van der Waals surface area contributed by atoms with Gasteiger partial charge >= 0.3 is 0 Å². The molecule has 136 valence electrons. The Bertz CT molecular complexity index is 1050. The van der Waals surface area contributed by atoms with Crippen LogP contribution in [0.3, 0.4) is 0 Å². The van der Waals surface area contributed by atoms with Crippen LogP contribution in [-0.2, 0) is 11.3 Å². The molecule has 27 heavy (non-hydrogen) atoms. The topological polar surface area (TPSA) is 59.5 Å². The SMILES string of the molecule is Cc1ccccc1C(CC(=O)NCc1ccco1)c1cnc2ccccn12. The molecule has 4 rings (SSSR count). The first kappa shape index (κ1) is 17.1. The van der Waals surface area contributed by atoms with Crippen molar-refractivity contribution in [2.75, 3.05) is 0 Å². The number of hydrogen-bond donors (Lipinski definition) is 1. The average Bonchev–Trinajstić information content (AvgIpc) is 3.35. The van der Waals surface area contributed by atoms with E-state index < -0.39 is 0 Å². The van der Waals surface area contributed by atoms with Crippen LogP contribution >= 0.6 is 0 Å². The molecule has 0 fully saturated rings. The van der Waals surface area contributed by atoms with Crippen molar-refractivity contribution in [1.82, 2.24) is 14.7 Å². The summed E-state index contributed by atoms with van der Waals surface area (Å²) >= 11 is 0. The third kappa shape index (κ3) is 3.62. The summed E-state index contributed by atoms with van der Waals surface area (Å²) in [7, 11) is 0. The molecule has 5 heteroatoms. The fraction of sp³-hybridized carbons (Fsp3) is 0.182. The molecule has 3 heterocycles. The standard InChI is InChI=1S/C22H21N3O2/c1-16-7-2-3-9-18(16)19(13-22(26)24-14-17-8-6-12-27-17)20-15-23-21-10-4-5-11-25(20)21/h2-12,15,19H,13-14H2,1H3,(H,24,26). The van der Waals surface area contributed by atoms with Gasteiger partial charge in [-0.05, 0) is 42.3 Å². The zero-order valence-corrected chi connectivity index (χ0v) is 15.1. The molecular formula is C22H21N3O2. The number of fused-ring (bicyclic) bond motifs is 1. The second-order valence-electron chi connectivity index (χ2n) is 6.58. The Labute approximate surface area is 157 Å². The number of furan rings is 1. The molecule has 0 saturated heterocycles. The largest absolute Gasteiger partial charge is 0.467 e. The third-order valence-electron chi connectivity index (χ3n) is 4.80. The number of amides is 1. The van der Waals surface area contributed by atoms with Crippen molar-refractivity contribution in [3.63, 3.8) is 0 Å². The van der Waals surface area contributed by atoms with E-state index in [1.54, 1.807) is 6.26 Å². The number of imidazole rings is 1. The Morgan fingerprint density at radius 1 is 1.15 bits per heavy atom. The zero-order valence-electron chi connectivity index (χ0n) is 15.1. The highest BCUT2D eigenvalue weighted by atomic mass is 16.3. The fourth-order valence-electron chi connectivity index (χ4n) is 3.42. The lowest BCUT2D eigenvalue weighted by Crippen LogP contribution is -2.25. The van der Waals surface area contributed by atoms with Gasteiger partial charge in [0, 0.05) is 24.7 Å². The molecule has 4 aromatic rings. The van der Waals surface area contributed by atoms with Gasteiger partial charge in [0.2, 0.25) is 5.91 Å². The minimum Gasteiger partial charge on any atom is -0.467 e. The Morgan fingerprint density at radius 2 is 2.00 bits per heavy atom. The Kier molecular flexibility index (Phi) is 4.75. The van der Waals surface area contributed by atoms with Crippen molar-refractivity contribution in [1.29, 1.82) is 0 Å². The molecule has 0 aliphatic rings. The van der Waals surface area contributed by atoms with E-state index in [2.05, 4.69) is 33.8 Å².